The van der Waals surface area contributed by atoms with E-state index in [0.29, 0.717) is 23.6 Å². The number of hydrazone groups is 1. The number of hydrazine groups is 1. The third-order valence-corrected chi connectivity index (χ3v) is 3.45. The summed E-state index contributed by atoms with van der Waals surface area (Å²) in [5.74, 6) is 0. The lowest BCUT2D eigenvalue weighted by atomic mass is 10.3. The summed E-state index contributed by atoms with van der Waals surface area (Å²) in [7, 11) is 0.107. The molecule has 0 saturated heterocycles. The molecule has 1 unspecified atom stereocenters. The normalized spacial score (nSPS) is 13.0. The van der Waals surface area contributed by atoms with E-state index in [4.69, 9.17) is 0 Å². The molecule has 0 aliphatic heterocycles. The molecular formula is C11H15N5O4S. The SMILES string of the molecule is C/C(CN(C)NS(=O)c1ccc([N+](=O)[O-])cc1)=N/NC=O. The molecule has 21 heavy (non-hydrogen) atoms. The highest BCUT2D eigenvalue weighted by Gasteiger charge is 2.10. The average molecular weight is 313 g/mol. The quantitative estimate of drug-likeness (QED) is 0.307. The van der Waals surface area contributed by atoms with Crippen LogP contribution in [0.5, 0.6) is 0 Å². The van der Waals surface area contributed by atoms with Crippen molar-refractivity contribution in [2.75, 3.05) is 13.6 Å². The summed E-state index contributed by atoms with van der Waals surface area (Å²) in [5, 5.41) is 15.8. The zero-order valence-corrected chi connectivity index (χ0v) is 12.3. The number of nitro benzene ring substituents is 1. The first-order valence-electron chi connectivity index (χ1n) is 5.80. The molecule has 114 valence electrons. The zero-order valence-electron chi connectivity index (χ0n) is 11.5. The molecule has 0 aliphatic rings. The number of carbonyl (C=O) groups excluding carboxylic acids is 1. The van der Waals surface area contributed by atoms with Crippen molar-refractivity contribution >= 4 is 28.8 Å². The minimum absolute atomic E-state index is 0.0629. The van der Waals surface area contributed by atoms with Crippen molar-refractivity contribution in [3.8, 4) is 0 Å². The molecule has 1 amide bonds. The lowest BCUT2D eigenvalue weighted by molar-refractivity contribution is -0.384. The number of non-ortho nitro benzene ring substituents is 1. The van der Waals surface area contributed by atoms with Gasteiger partial charge in [-0.1, -0.05) is 0 Å². The van der Waals surface area contributed by atoms with E-state index in [9.17, 15) is 19.1 Å². The molecule has 0 aliphatic carbocycles. The fourth-order valence-electron chi connectivity index (χ4n) is 1.43. The number of nitrogens with zero attached hydrogens (tertiary/aromatic N) is 3. The van der Waals surface area contributed by atoms with Gasteiger partial charge in [0.25, 0.3) is 5.69 Å². The Morgan fingerprint density at radius 3 is 2.62 bits per heavy atom. The molecule has 0 saturated carbocycles. The summed E-state index contributed by atoms with van der Waals surface area (Å²) in [6.45, 7) is 2.03. The van der Waals surface area contributed by atoms with Crippen LogP contribution in [0.2, 0.25) is 0 Å². The maximum Gasteiger partial charge on any atom is 0.269 e. The molecule has 0 fully saturated rings. The van der Waals surface area contributed by atoms with Gasteiger partial charge < -0.3 is 0 Å². The lowest BCUT2D eigenvalue weighted by Gasteiger charge is -2.16. The first-order chi connectivity index (χ1) is 9.93. The van der Waals surface area contributed by atoms with Crippen LogP contribution in [0.3, 0.4) is 0 Å². The molecule has 0 radical (unpaired) electrons. The largest absolute Gasteiger partial charge is 0.277 e. The van der Waals surface area contributed by atoms with Gasteiger partial charge in [-0.25, -0.2) is 14.6 Å². The fraction of sp³-hybridized carbons (Fsp3) is 0.273. The molecule has 0 aromatic heterocycles. The smallest absolute Gasteiger partial charge is 0.269 e. The second-order valence-corrected chi connectivity index (χ2v) is 5.25. The average Bonchev–Trinajstić information content (AvgIpc) is 2.44. The summed E-state index contributed by atoms with van der Waals surface area (Å²) >= 11 is 0. The predicted molar refractivity (Wildman–Crippen MR) is 77.6 cm³/mol. The second kappa shape index (κ2) is 8.19. The van der Waals surface area contributed by atoms with Gasteiger partial charge in [-0.15, -0.1) is 0 Å². The van der Waals surface area contributed by atoms with Crippen LogP contribution in [0, 0.1) is 10.1 Å². The highest BCUT2D eigenvalue weighted by atomic mass is 32.2. The predicted octanol–water partition coefficient (Wildman–Crippen LogP) is 0.176. The Hall–Kier alpha value is -2.17. The number of nitro groups is 1. The first kappa shape index (κ1) is 16.9. The summed E-state index contributed by atoms with van der Waals surface area (Å²) < 4.78 is 12.0. The minimum Gasteiger partial charge on any atom is -0.277 e. The molecule has 0 heterocycles. The van der Waals surface area contributed by atoms with Gasteiger partial charge in [0.15, 0.2) is 0 Å². The monoisotopic (exact) mass is 313 g/mol. The van der Waals surface area contributed by atoms with E-state index in [1.807, 2.05) is 0 Å². The van der Waals surface area contributed by atoms with Gasteiger partial charge in [0, 0.05) is 19.2 Å². The molecule has 10 heteroatoms. The third kappa shape index (κ3) is 5.77. The number of carbonyl (C=O) groups is 1. The Morgan fingerprint density at radius 1 is 1.48 bits per heavy atom. The van der Waals surface area contributed by atoms with E-state index in [2.05, 4.69) is 15.4 Å². The van der Waals surface area contributed by atoms with Crippen LogP contribution in [0.25, 0.3) is 0 Å². The first-order valence-corrected chi connectivity index (χ1v) is 6.95. The van der Waals surface area contributed by atoms with E-state index in [0.717, 1.165) is 0 Å². The van der Waals surface area contributed by atoms with Crippen LogP contribution >= 0.6 is 0 Å². The van der Waals surface area contributed by atoms with Gasteiger partial charge in [0.05, 0.1) is 22.1 Å². The number of rotatable bonds is 8. The van der Waals surface area contributed by atoms with Crippen LogP contribution in [-0.4, -0.2) is 39.9 Å². The van der Waals surface area contributed by atoms with E-state index in [-0.39, 0.29) is 5.69 Å². The van der Waals surface area contributed by atoms with Gasteiger partial charge in [0.1, 0.15) is 11.0 Å². The maximum atomic E-state index is 12.0. The van der Waals surface area contributed by atoms with Crippen molar-refractivity contribution in [2.45, 2.75) is 11.8 Å². The van der Waals surface area contributed by atoms with Crippen LogP contribution in [0.1, 0.15) is 6.92 Å². The van der Waals surface area contributed by atoms with Crippen LogP contribution in [0.4, 0.5) is 5.69 Å². The number of amides is 1. The second-order valence-electron chi connectivity index (χ2n) is 4.06. The fourth-order valence-corrected chi connectivity index (χ4v) is 2.27. The van der Waals surface area contributed by atoms with Crippen LogP contribution in [-0.2, 0) is 15.8 Å². The Morgan fingerprint density at radius 2 is 2.10 bits per heavy atom. The molecule has 0 spiro atoms. The Labute approximate surface area is 123 Å². The highest BCUT2D eigenvalue weighted by Crippen LogP contribution is 2.13. The van der Waals surface area contributed by atoms with Gasteiger partial charge in [0.2, 0.25) is 6.41 Å². The molecule has 1 atom stereocenters. The number of hydrogen-bond acceptors (Lipinski definition) is 6. The molecule has 1 aromatic rings. The summed E-state index contributed by atoms with van der Waals surface area (Å²) in [5.41, 5.74) is 2.71. The molecule has 2 N–H and O–H groups in total. The van der Waals surface area contributed by atoms with Gasteiger partial charge in [-0.05, 0) is 19.1 Å². The van der Waals surface area contributed by atoms with Crippen molar-refractivity contribution in [2.24, 2.45) is 5.10 Å². The van der Waals surface area contributed by atoms with Gasteiger partial charge >= 0.3 is 0 Å². The Bertz CT molecular complexity index is 560. The summed E-state index contributed by atoms with van der Waals surface area (Å²) in [4.78, 5) is 23.2. The molecule has 0 bridgehead atoms. The number of benzene rings is 1. The van der Waals surface area contributed by atoms with Gasteiger partial charge in [-0.3, -0.25) is 14.9 Å². The lowest BCUT2D eigenvalue weighted by Crippen LogP contribution is -2.39. The van der Waals surface area contributed by atoms with Crippen molar-refractivity contribution < 1.29 is 13.9 Å². The summed E-state index contributed by atoms with van der Waals surface area (Å²) in [6, 6.07) is 5.42. The van der Waals surface area contributed by atoms with Gasteiger partial charge in [-0.2, -0.15) is 9.93 Å². The van der Waals surface area contributed by atoms with Crippen molar-refractivity contribution in [3.63, 3.8) is 0 Å². The highest BCUT2D eigenvalue weighted by molar-refractivity contribution is 7.83. The molecule has 1 aromatic carbocycles. The van der Waals surface area contributed by atoms with Crippen molar-refractivity contribution in [1.82, 2.24) is 15.3 Å². The summed E-state index contributed by atoms with van der Waals surface area (Å²) in [6.07, 6.45) is 0.450. The third-order valence-electron chi connectivity index (χ3n) is 2.27. The van der Waals surface area contributed by atoms with Crippen molar-refractivity contribution in [3.05, 3.63) is 34.4 Å². The van der Waals surface area contributed by atoms with E-state index in [1.165, 1.54) is 29.3 Å². The molecule has 9 nitrogen and oxygen atoms in total. The van der Waals surface area contributed by atoms with E-state index >= 15 is 0 Å². The van der Waals surface area contributed by atoms with E-state index < -0.39 is 15.9 Å². The Kier molecular flexibility index (Phi) is 6.59. The minimum atomic E-state index is -1.55. The van der Waals surface area contributed by atoms with Crippen LogP contribution < -0.4 is 10.3 Å². The number of hydrogen-bond donors (Lipinski definition) is 2. The molecule has 1 rings (SSSR count). The van der Waals surface area contributed by atoms with Crippen molar-refractivity contribution in [1.29, 1.82) is 0 Å². The standard InChI is InChI=1S/C11H15N5O4S/c1-9(13-12-8-17)7-15(2)14-21(20)11-5-3-10(4-6-11)16(18)19/h3-6,8,14H,7H2,1-2H3,(H,12,17)/b13-9-. The number of nitrogens with one attached hydrogen (secondary N) is 2. The van der Waals surface area contributed by atoms with Crippen LogP contribution in [0.15, 0.2) is 34.3 Å². The Balaban J connectivity index is 2.59. The molecular weight excluding hydrogens is 298 g/mol. The topological polar surface area (TPSA) is 117 Å². The zero-order chi connectivity index (χ0) is 15.8. The van der Waals surface area contributed by atoms with E-state index in [1.54, 1.807) is 14.0 Å². The maximum absolute atomic E-state index is 12.0.